The van der Waals surface area contributed by atoms with Crippen LogP contribution < -0.4 is 5.32 Å². The molecule has 1 fully saturated rings. The van der Waals surface area contributed by atoms with Crippen molar-refractivity contribution in [3.63, 3.8) is 0 Å². The summed E-state index contributed by atoms with van der Waals surface area (Å²) in [6, 6.07) is 0. The van der Waals surface area contributed by atoms with E-state index in [0.717, 1.165) is 5.92 Å². The van der Waals surface area contributed by atoms with Crippen LogP contribution in [0, 0.1) is 12.8 Å². The predicted octanol–water partition coefficient (Wildman–Crippen LogP) is 1.82. The van der Waals surface area contributed by atoms with E-state index in [1.807, 2.05) is 11.3 Å². The third-order valence-electron chi connectivity index (χ3n) is 2.34. The monoisotopic (exact) mass is 167 g/mol. The summed E-state index contributed by atoms with van der Waals surface area (Å²) in [4.78, 5) is 0. The average molecular weight is 167 g/mol. The lowest BCUT2D eigenvalue weighted by atomic mass is 9.94. The molecule has 0 aliphatic carbocycles. The molecule has 0 spiro atoms. The zero-order valence-electron chi connectivity index (χ0n) is 6.76. The third-order valence-corrected chi connectivity index (χ3v) is 3.25. The van der Waals surface area contributed by atoms with Gasteiger partial charge in [0.2, 0.25) is 0 Å². The zero-order chi connectivity index (χ0) is 7.68. The minimum absolute atomic E-state index is 0.906. The van der Waals surface area contributed by atoms with E-state index in [9.17, 15) is 0 Å². The fourth-order valence-corrected chi connectivity index (χ4v) is 2.27. The Balaban J connectivity index is 1.99. The van der Waals surface area contributed by atoms with Crippen LogP contribution in [0.4, 0.5) is 0 Å². The lowest BCUT2D eigenvalue weighted by molar-refractivity contribution is 0.346. The number of rotatable bonds is 2. The molecule has 0 atom stereocenters. The Labute approximate surface area is 71.4 Å². The van der Waals surface area contributed by atoms with E-state index in [1.165, 1.54) is 25.1 Å². The molecule has 1 aromatic rings. The van der Waals surface area contributed by atoms with E-state index in [4.69, 9.17) is 0 Å². The zero-order valence-corrected chi connectivity index (χ0v) is 7.58. The van der Waals surface area contributed by atoms with Crippen LogP contribution >= 0.6 is 11.3 Å². The summed E-state index contributed by atoms with van der Waals surface area (Å²) in [6.45, 7) is 4.64. The predicted molar refractivity (Wildman–Crippen MR) is 49.1 cm³/mol. The first-order chi connectivity index (χ1) is 5.36. The van der Waals surface area contributed by atoms with Gasteiger partial charge in [-0.3, -0.25) is 0 Å². The summed E-state index contributed by atoms with van der Waals surface area (Å²) in [7, 11) is 0. The minimum atomic E-state index is 0.906. The van der Waals surface area contributed by atoms with E-state index in [2.05, 4.69) is 23.0 Å². The van der Waals surface area contributed by atoms with Gasteiger partial charge in [-0.25, -0.2) is 0 Å². The van der Waals surface area contributed by atoms with E-state index in [0.29, 0.717) is 0 Å². The number of hydrogen-bond acceptors (Lipinski definition) is 2. The highest BCUT2D eigenvalue weighted by Gasteiger charge is 2.17. The van der Waals surface area contributed by atoms with Gasteiger partial charge >= 0.3 is 0 Å². The Morgan fingerprint density at radius 2 is 2.36 bits per heavy atom. The maximum atomic E-state index is 3.30. The molecule has 2 heterocycles. The first kappa shape index (κ1) is 7.32. The lowest BCUT2D eigenvalue weighted by Gasteiger charge is -2.26. The first-order valence-electron chi connectivity index (χ1n) is 4.08. The maximum absolute atomic E-state index is 3.30. The Kier molecular flexibility index (Phi) is 1.96. The van der Waals surface area contributed by atoms with Crippen LogP contribution in [0.25, 0.3) is 0 Å². The van der Waals surface area contributed by atoms with Gasteiger partial charge in [-0.15, -0.1) is 0 Å². The van der Waals surface area contributed by atoms with Crippen molar-refractivity contribution in [1.29, 1.82) is 0 Å². The van der Waals surface area contributed by atoms with E-state index in [1.54, 1.807) is 5.56 Å². The molecule has 0 amide bonds. The van der Waals surface area contributed by atoms with Crippen LogP contribution in [-0.2, 0) is 6.42 Å². The standard InChI is InChI=1S/C9H13NS/c1-7-5-11-6-9(7)2-8-3-10-4-8/h5-6,8,10H,2-4H2,1H3. The molecule has 1 aliphatic heterocycles. The number of aryl methyl sites for hydroxylation is 1. The Morgan fingerprint density at radius 1 is 1.55 bits per heavy atom. The van der Waals surface area contributed by atoms with Crippen LogP contribution in [0.2, 0.25) is 0 Å². The topological polar surface area (TPSA) is 12.0 Å². The highest BCUT2D eigenvalue weighted by Crippen LogP contribution is 2.19. The van der Waals surface area contributed by atoms with Crippen molar-refractivity contribution in [1.82, 2.24) is 5.32 Å². The van der Waals surface area contributed by atoms with Gasteiger partial charge in [0, 0.05) is 0 Å². The Bertz CT molecular complexity index is 237. The SMILES string of the molecule is Cc1cscc1CC1CNC1. The molecule has 0 saturated carbocycles. The van der Waals surface area contributed by atoms with E-state index < -0.39 is 0 Å². The van der Waals surface area contributed by atoms with Crippen LogP contribution in [0.3, 0.4) is 0 Å². The Morgan fingerprint density at radius 3 is 2.82 bits per heavy atom. The molecular formula is C9H13NS. The number of nitrogens with one attached hydrogen (secondary N) is 1. The second-order valence-corrected chi connectivity index (χ2v) is 4.05. The van der Waals surface area contributed by atoms with Gasteiger partial charge in [0.15, 0.2) is 0 Å². The van der Waals surface area contributed by atoms with Crippen LogP contribution in [0.5, 0.6) is 0 Å². The van der Waals surface area contributed by atoms with Crippen molar-refractivity contribution >= 4 is 11.3 Å². The van der Waals surface area contributed by atoms with Gasteiger partial charge in [0.05, 0.1) is 0 Å². The molecule has 60 valence electrons. The van der Waals surface area contributed by atoms with Crippen LogP contribution in [0.1, 0.15) is 11.1 Å². The molecule has 1 aliphatic rings. The summed E-state index contributed by atoms with van der Waals surface area (Å²) in [5, 5.41) is 7.82. The molecule has 1 N–H and O–H groups in total. The van der Waals surface area contributed by atoms with Crippen LogP contribution in [0.15, 0.2) is 10.8 Å². The molecule has 1 saturated heterocycles. The molecule has 1 nitrogen and oxygen atoms in total. The first-order valence-corrected chi connectivity index (χ1v) is 5.03. The van der Waals surface area contributed by atoms with E-state index in [-0.39, 0.29) is 0 Å². The quantitative estimate of drug-likeness (QED) is 0.708. The normalized spacial score (nSPS) is 18.3. The molecule has 0 radical (unpaired) electrons. The molecule has 11 heavy (non-hydrogen) atoms. The molecular weight excluding hydrogens is 154 g/mol. The summed E-state index contributed by atoms with van der Waals surface area (Å²) in [5.74, 6) is 0.906. The van der Waals surface area contributed by atoms with Crippen molar-refractivity contribution in [2.24, 2.45) is 5.92 Å². The van der Waals surface area contributed by atoms with Gasteiger partial charge < -0.3 is 5.32 Å². The molecule has 0 bridgehead atoms. The highest BCUT2D eigenvalue weighted by atomic mass is 32.1. The van der Waals surface area contributed by atoms with Crippen LogP contribution in [-0.4, -0.2) is 13.1 Å². The summed E-state index contributed by atoms with van der Waals surface area (Å²) in [5.41, 5.74) is 3.03. The summed E-state index contributed by atoms with van der Waals surface area (Å²) in [6.07, 6.45) is 1.28. The average Bonchev–Trinajstić information content (AvgIpc) is 2.27. The number of thiophene rings is 1. The van der Waals surface area contributed by atoms with Gasteiger partial charge in [0.1, 0.15) is 0 Å². The second-order valence-electron chi connectivity index (χ2n) is 3.31. The highest BCUT2D eigenvalue weighted by molar-refractivity contribution is 7.08. The fraction of sp³-hybridized carbons (Fsp3) is 0.556. The second kappa shape index (κ2) is 2.95. The van der Waals surface area contributed by atoms with Crippen molar-refractivity contribution in [3.05, 3.63) is 21.9 Å². The molecule has 0 aromatic carbocycles. The molecule has 1 aromatic heterocycles. The van der Waals surface area contributed by atoms with Crippen molar-refractivity contribution < 1.29 is 0 Å². The van der Waals surface area contributed by atoms with Gasteiger partial charge in [-0.1, -0.05) is 0 Å². The van der Waals surface area contributed by atoms with Crippen molar-refractivity contribution in [2.75, 3.05) is 13.1 Å². The maximum Gasteiger partial charge on any atom is -0.000505 e. The van der Waals surface area contributed by atoms with Crippen molar-refractivity contribution in [3.8, 4) is 0 Å². The van der Waals surface area contributed by atoms with Crippen molar-refractivity contribution in [2.45, 2.75) is 13.3 Å². The summed E-state index contributed by atoms with van der Waals surface area (Å²) >= 11 is 1.82. The molecule has 2 heteroatoms. The smallest absolute Gasteiger partial charge is 0.000505 e. The Hall–Kier alpha value is -0.340. The van der Waals surface area contributed by atoms with Gasteiger partial charge in [0.25, 0.3) is 0 Å². The minimum Gasteiger partial charge on any atom is -0.316 e. The third kappa shape index (κ3) is 1.47. The fourth-order valence-electron chi connectivity index (χ4n) is 1.40. The molecule has 0 unspecified atom stereocenters. The van der Waals surface area contributed by atoms with Gasteiger partial charge in [-0.2, -0.15) is 11.3 Å². The molecule has 2 rings (SSSR count). The number of hydrogen-bond donors (Lipinski definition) is 1. The van der Waals surface area contributed by atoms with Gasteiger partial charge in [-0.05, 0) is 54.2 Å². The lowest BCUT2D eigenvalue weighted by Crippen LogP contribution is -2.43. The largest absolute Gasteiger partial charge is 0.316 e. The summed E-state index contributed by atoms with van der Waals surface area (Å²) < 4.78 is 0. The van der Waals surface area contributed by atoms with E-state index >= 15 is 0 Å².